The van der Waals surface area contributed by atoms with Crippen LogP contribution in [0.15, 0.2) is 42.5 Å². The van der Waals surface area contributed by atoms with Crippen molar-refractivity contribution in [3.63, 3.8) is 0 Å². The van der Waals surface area contributed by atoms with Crippen LogP contribution >= 0.6 is 0 Å². The maximum absolute atomic E-state index is 13.6. The highest BCUT2D eigenvalue weighted by Crippen LogP contribution is 2.25. The number of amides is 1. The smallest absolute Gasteiger partial charge is 0.251 e. The first kappa shape index (κ1) is 17.4. The Morgan fingerprint density at radius 2 is 1.96 bits per heavy atom. The first-order chi connectivity index (χ1) is 12.0. The van der Waals surface area contributed by atoms with Crippen molar-refractivity contribution in [2.45, 2.75) is 31.8 Å². The molecule has 0 bridgehead atoms. The minimum absolute atomic E-state index is 0.0688. The van der Waals surface area contributed by atoms with Gasteiger partial charge in [0.2, 0.25) is 0 Å². The Kier molecular flexibility index (Phi) is 5.28. The minimum Gasteiger partial charge on any atom is -0.454 e. The highest BCUT2D eigenvalue weighted by Gasteiger charge is 2.22. The van der Waals surface area contributed by atoms with Crippen molar-refractivity contribution in [1.82, 2.24) is 10.6 Å². The van der Waals surface area contributed by atoms with E-state index in [0.29, 0.717) is 11.3 Å². The van der Waals surface area contributed by atoms with Crippen molar-refractivity contribution >= 4 is 5.91 Å². The summed E-state index contributed by atoms with van der Waals surface area (Å²) in [6.07, 6.45) is 1.98. The molecule has 0 saturated carbocycles. The molecule has 6 heteroatoms. The Hall–Kier alpha value is -2.47. The Balaban J connectivity index is 1.64. The van der Waals surface area contributed by atoms with Gasteiger partial charge in [0, 0.05) is 23.7 Å². The van der Waals surface area contributed by atoms with E-state index in [9.17, 15) is 13.6 Å². The number of halogens is 2. The standard InChI is InChI=1S/C19H20F2N2O2/c1-12-17(3-2-10-22-12)23-19(24)13-4-7-15(8-5-13)25-18-9-6-14(20)11-16(18)21/h4-9,11-12,17,22H,2-3,10H2,1H3,(H,23,24). The topological polar surface area (TPSA) is 50.4 Å². The SMILES string of the molecule is CC1NCCCC1NC(=O)c1ccc(Oc2ccc(F)cc2F)cc1. The molecular formula is C19H20F2N2O2. The van der Waals surface area contributed by atoms with E-state index in [-0.39, 0.29) is 23.7 Å². The fraction of sp³-hybridized carbons (Fsp3) is 0.316. The molecule has 0 radical (unpaired) electrons. The van der Waals surface area contributed by atoms with Gasteiger partial charge in [-0.25, -0.2) is 8.78 Å². The molecule has 4 nitrogen and oxygen atoms in total. The molecule has 2 N–H and O–H groups in total. The summed E-state index contributed by atoms with van der Waals surface area (Å²) >= 11 is 0. The summed E-state index contributed by atoms with van der Waals surface area (Å²) in [7, 11) is 0. The molecule has 25 heavy (non-hydrogen) atoms. The summed E-state index contributed by atoms with van der Waals surface area (Å²) in [5, 5.41) is 6.36. The maximum atomic E-state index is 13.6. The van der Waals surface area contributed by atoms with Gasteiger partial charge >= 0.3 is 0 Å². The van der Waals surface area contributed by atoms with Crippen LogP contribution < -0.4 is 15.4 Å². The number of piperidine rings is 1. The first-order valence-electron chi connectivity index (χ1n) is 8.30. The number of carbonyl (C=O) groups excluding carboxylic acids is 1. The molecule has 2 aromatic carbocycles. The van der Waals surface area contributed by atoms with E-state index < -0.39 is 11.6 Å². The summed E-state index contributed by atoms with van der Waals surface area (Å²) in [4.78, 5) is 12.3. The maximum Gasteiger partial charge on any atom is 0.251 e. The number of benzene rings is 2. The van der Waals surface area contributed by atoms with Gasteiger partial charge in [0.25, 0.3) is 5.91 Å². The van der Waals surface area contributed by atoms with E-state index in [1.54, 1.807) is 24.3 Å². The zero-order valence-electron chi connectivity index (χ0n) is 13.9. The second-order valence-electron chi connectivity index (χ2n) is 6.17. The van der Waals surface area contributed by atoms with E-state index in [2.05, 4.69) is 17.6 Å². The molecule has 2 atom stereocenters. The van der Waals surface area contributed by atoms with Gasteiger partial charge in [0.15, 0.2) is 11.6 Å². The predicted octanol–water partition coefficient (Wildman–Crippen LogP) is 3.63. The second-order valence-corrected chi connectivity index (χ2v) is 6.17. The molecule has 0 aromatic heterocycles. The van der Waals surface area contributed by atoms with Gasteiger partial charge in [0.1, 0.15) is 11.6 Å². The normalized spacial score (nSPS) is 20.1. The second kappa shape index (κ2) is 7.61. The Morgan fingerprint density at radius 3 is 2.64 bits per heavy atom. The fourth-order valence-corrected chi connectivity index (χ4v) is 2.85. The van der Waals surface area contributed by atoms with Crippen LogP contribution in [0.5, 0.6) is 11.5 Å². The molecule has 1 heterocycles. The third kappa shape index (κ3) is 4.33. The Morgan fingerprint density at radius 1 is 1.20 bits per heavy atom. The summed E-state index contributed by atoms with van der Waals surface area (Å²) in [5.41, 5.74) is 0.504. The van der Waals surface area contributed by atoms with Crippen LogP contribution in [-0.4, -0.2) is 24.5 Å². The number of carbonyl (C=O) groups is 1. The van der Waals surface area contributed by atoms with Crippen molar-refractivity contribution < 1.29 is 18.3 Å². The summed E-state index contributed by atoms with van der Waals surface area (Å²) in [6.45, 7) is 3.03. The quantitative estimate of drug-likeness (QED) is 0.889. The first-order valence-corrected chi connectivity index (χ1v) is 8.30. The molecule has 0 aliphatic carbocycles. The number of hydrogen-bond acceptors (Lipinski definition) is 3. The fourth-order valence-electron chi connectivity index (χ4n) is 2.85. The lowest BCUT2D eigenvalue weighted by Gasteiger charge is -2.30. The number of nitrogens with one attached hydrogen (secondary N) is 2. The van der Waals surface area contributed by atoms with Gasteiger partial charge in [-0.15, -0.1) is 0 Å². The minimum atomic E-state index is -0.777. The van der Waals surface area contributed by atoms with Crippen molar-refractivity contribution in [2.24, 2.45) is 0 Å². The van der Waals surface area contributed by atoms with E-state index >= 15 is 0 Å². The van der Waals surface area contributed by atoms with Gasteiger partial charge < -0.3 is 15.4 Å². The zero-order valence-corrected chi connectivity index (χ0v) is 13.9. The van der Waals surface area contributed by atoms with Crippen LogP contribution in [0.3, 0.4) is 0 Å². The van der Waals surface area contributed by atoms with Crippen molar-refractivity contribution in [3.05, 3.63) is 59.7 Å². The van der Waals surface area contributed by atoms with E-state index in [1.165, 1.54) is 6.07 Å². The largest absolute Gasteiger partial charge is 0.454 e. The number of ether oxygens (including phenoxy) is 1. The van der Waals surface area contributed by atoms with E-state index in [4.69, 9.17) is 4.74 Å². The van der Waals surface area contributed by atoms with Crippen LogP contribution in [0, 0.1) is 11.6 Å². The Labute approximate surface area is 145 Å². The molecule has 132 valence electrons. The molecule has 1 saturated heterocycles. The molecule has 1 fully saturated rings. The van der Waals surface area contributed by atoms with Gasteiger partial charge in [-0.1, -0.05) is 0 Å². The average Bonchev–Trinajstić information content (AvgIpc) is 2.60. The number of rotatable bonds is 4. The molecular weight excluding hydrogens is 326 g/mol. The molecule has 2 aromatic rings. The molecule has 1 amide bonds. The summed E-state index contributed by atoms with van der Waals surface area (Å²) < 4.78 is 31.9. The lowest BCUT2D eigenvalue weighted by Crippen LogP contribution is -2.51. The van der Waals surface area contributed by atoms with Crippen LogP contribution in [0.1, 0.15) is 30.1 Å². The molecule has 1 aliphatic rings. The van der Waals surface area contributed by atoms with Crippen LogP contribution in [0.25, 0.3) is 0 Å². The van der Waals surface area contributed by atoms with Gasteiger partial charge in [-0.05, 0) is 62.7 Å². The monoisotopic (exact) mass is 346 g/mol. The van der Waals surface area contributed by atoms with Crippen LogP contribution in [0.4, 0.5) is 8.78 Å². The van der Waals surface area contributed by atoms with Crippen LogP contribution in [-0.2, 0) is 0 Å². The highest BCUT2D eigenvalue weighted by molar-refractivity contribution is 5.94. The average molecular weight is 346 g/mol. The summed E-state index contributed by atoms with van der Waals surface area (Å²) in [6, 6.07) is 9.85. The third-order valence-corrected chi connectivity index (χ3v) is 4.32. The van der Waals surface area contributed by atoms with Gasteiger partial charge in [-0.2, -0.15) is 0 Å². The highest BCUT2D eigenvalue weighted by atomic mass is 19.1. The van der Waals surface area contributed by atoms with Gasteiger partial charge in [0.05, 0.1) is 0 Å². The molecule has 2 unspecified atom stereocenters. The van der Waals surface area contributed by atoms with Crippen molar-refractivity contribution in [3.8, 4) is 11.5 Å². The third-order valence-electron chi connectivity index (χ3n) is 4.32. The lowest BCUT2D eigenvalue weighted by atomic mass is 9.99. The van der Waals surface area contributed by atoms with E-state index in [0.717, 1.165) is 31.5 Å². The number of hydrogen-bond donors (Lipinski definition) is 2. The van der Waals surface area contributed by atoms with Gasteiger partial charge in [-0.3, -0.25) is 4.79 Å². The molecule has 1 aliphatic heterocycles. The van der Waals surface area contributed by atoms with Crippen molar-refractivity contribution in [1.29, 1.82) is 0 Å². The Bertz CT molecular complexity index is 750. The zero-order chi connectivity index (χ0) is 17.8. The summed E-state index contributed by atoms with van der Waals surface area (Å²) in [5.74, 6) is -1.29. The van der Waals surface area contributed by atoms with Crippen molar-refractivity contribution in [2.75, 3.05) is 6.54 Å². The van der Waals surface area contributed by atoms with Crippen LogP contribution in [0.2, 0.25) is 0 Å². The predicted molar refractivity (Wildman–Crippen MR) is 90.8 cm³/mol. The molecule has 3 rings (SSSR count). The van der Waals surface area contributed by atoms with E-state index in [1.807, 2.05) is 0 Å². The lowest BCUT2D eigenvalue weighted by molar-refractivity contribution is 0.0920. The molecule has 0 spiro atoms.